The fourth-order valence-corrected chi connectivity index (χ4v) is 5.26. The van der Waals surface area contributed by atoms with Crippen molar-refractivity contribution in [1.82, 2.24) is 9.55 Å². The minimum atomic E-state index is -0.739. The second-order valence-corrected chi connectivity index (χ2v) is 12.2. The van der Waals surface area contributed by atoms with E-state index in [2.05, 4.69) is 32.4 Å². The number of nitrogens with zero attached hydrogens (tertiary/aromatic N) is 3. The Labute approximate surface area is 275 Å². The quantitative estimate of drug-likeness (QED) is 0.130. The number of hydrogen-bond donors (Lipinski definition) is 2. The number of anilines is 3. The lowest BCUT2D eigenvalue weighted by Crippen LogP contribution is -2.37. The Morgan fingerprint density at radius 1 is 0.936 bits per heavy atom. The number of piperidine rings is 1. The first-order valence-electron chi connectivity index (χ1n) is 15.5. The Kier molecular flexibility index (Phi) is 10.4. The molecular weight excluding hydrogens is 594 g/mol. The maximum absolute atomic E-state index is 13.4. The van der Waals surface area contributed by atoms with Gasteiger partial charge in [0.05, 0.1) is 41.5 Å². The first kappa shape index (κ1) is 33.0. The number of ketones is 1. The fourth-order valence-electron chi connectivity index (χ4n) is 5.26. The van der Waals surface area contributed by atoms with Gasteiger partial charge < -0.3 is 24.3 Å². The molecule has 0 radical (unpaired) electrons. The average molecular weight is 634 g/mol. The molecule has 0 atom stereocenters. The number of aromatic nitrogens is 2. The number of nitrogens with one attached hydrogen (secondary N) is 2. The van der Waals surface area contributed by atoms with Crippen LogP contribution in [0.4, 0.5) is 21.9 Å². The summed E-state index contributed by atoms with van der Waals surface area (Å²) in [5.74, 6) is 5.60. The van der Waals surface area contributed by atoms with Gasteiger partial charge in [0.25, 0.3) is 0 Å². The zero-order chi connectivity index (χ0) is 33.4. The van der Waals surface area contributed by atoms with E-state index in [4.69, 9.17) is 9.47 Å². The number of rotatable bonds is 8. The van der Waals surface area contributed by atoms with E-state index in [9.17, 15) is 14.4 Å². The number of carbonyl (C=O) groups is 3. The van der Waals surface area contributed by atoms with Gasteiger partial charge in [-0.25, -0.2) is 9.78 Å². The third kappa shape index (κ3) is 9.08. The van der Waals surface area contributed by atoms with E-state index in [1.54, 1.807) is 81.5 Å². The van der Waals surface area contributed by atoms with Crippen molar-refractivity contribution >= 4 is 34.8 Å². The molecule has 0 bridgehead atoms. The highest BCUT2D eigenvalue weighted by Gasteiger charge is 2.24. The third-order valence-electron chi connectivity index (χ3n) is 7.57. The lowest BCUT2D eigenvalue weighted by atomic mass is 10.0. The van der Waals surface area contributed by atoms with Crippen LogP contribution in [-0.4, -0.2) is 59.2 Å². The van der Waals surface area contributed by atoms with Crippen LogP contribution in [0.2, 0.25) is 0 Å². The summed E-state index contributed by atoms with van der Waals surface area (Å²) in [5.41, 5.74) is 3.34. The first-order valence-corrected chi connectivity index (χ1v) is 15.5. The molecule has 1 saturated heterocycles. The van der Waals surface area contributed by atoms with E-state index in [0.717, 1.165) is 42.9 Å². The van der Waals surface area contributed by atoms with Gasteiger partial charge in [0.15, 0.2) is 5.78 Å². The molecule has 0 aliphatic carbocycles. The van der Waals surface area contributed by atoms with E-state index in [1.807, 2.05) is 36.4 Å². The molecule has 2 amide bonds. The van der Waals surface area contributed by atoms with Gasteiger partial charge in [0, 0.05) is 49.4 Å². The zero-order valence-corrected chi connectivity index (χ0v) is 27.1. The van der Waals surface area contributed by atoms with E-state index < -0.39 is 24.0 Å². The van der Waals surface area contributed by atoms with Crippen LogP contribution in [-0.2, 0) is 14.3 Å². The standard InChI is InChI=1S/C37H39N5O5/c1-37(2,3)47-36(45)40-32-23-33(41-18-15-30(46-4)16-19-41)27(14-13-26-9-6-5-7-10-26)22-31(32)39-35(44)24-34(43)28-11-8-12-29(21-28)42-20-17-38-25-42/h5-12,17,20-23,25,30H,15-16,18-19,24H2,1-4H3,(H,39,44)(H,40,45). The largest absolute Gasteiger partial charge is 0.444 e. The summed E-state index contributed by atoms with van der Waals surface area (Å²) in [6.07, 6.45) is 5.81. The molecule has 4 aromatic rings. The third-order valence-corrected chi connectivity index (χ3v) is 7.57. The van der Waals surface area contributed by atoms with Gasteiger partial charge in [0.1, 0.15) is 5.60 Å². The first-order chi connectivity index (χ1) is 22.6. The predicted octanol–water partition coefficient (Wildman–Crippen LogP) is 6.45. The minimum Gasteiger partial charge on any atom is -0.444 e. The lowest BCUT2D eigenvalue weighted by molar-refractivity contribution is -0.115. The molecule has 1 aliphatic rings. The van der Waals surface area contributed by atoms with Crippen molar-refractivity contribution < 1.29 is 23.9 Å². The van der Waals surface area contributed by atoms with Crippen molar-refractivity contribution in [2.24, 2.45) is 0 Å². The van der Waals surface area contributed by atoms with Crippen molar-refractivity contribution in [2.45, 2.75) is 51.7 Å². The van der Waals surface area contributed by atoms with Gasteiger partial charge >= 0.3 is 6.09 Å². The normalized spacial score (nSPS) is 13.3. The number of imidazole rings is 1. The van der Waals surface area contributed by atoms with Crippen molar-refractivity contribution in [1.29, 1.82) is 0 Å². The molecule has 1 aliphatic heterocycles. The Morgan fingerprint density at radius 2 is 1.68 bits per heavy atom. The van der Waals surface area contributed by atoms with Crippen LogP contribution < -0.4 is 15.5 Å². The van der Waals surface area contributed by atoms with Gasteiger partial charge in [-0.05, 0) is 70.0 Å². The predicted molar refractivity (Wildman–Crippen MR) is 182 cm³/mol. The van der Waals surface area contributed by atoms with E-state index in [-0.39, 0.29) is 11.9 Å². The smallest absolute Gasteiger partial charge is 0.412 e. The van der Waals surface area contributed by atoms with Gasteiger partial charge in [0.2, 0.25) is 5.91 Å². The summed E-state index contributed by atoms with van der Waals surface area (Å²) in [7, 11) is 1.72. The number of Topliss-reactive ketones (excluding diaryl/α,β-unsaturated/α-hetero) is 1. The van der Waals surface area contributed by atoms with Crippen LogP contribution in [0.1, 0.15) is 61.5 Å². The summed E-state index contributed by atoms with van der Waals surface area (Å²) in [4.78, 5) is 45.8. The SMILES string of the molecule is COC1CCN(c2cc(NC(=O)OC(C)(C)C)c(NC(=O)CC(=O)c3cccc(-n4ccnc4)c3)cc2C#Cc2ccccc2)CC1. The van der Waals surface area contributed by atoms with Crippen molar-refractivity contribution in [2.75, 3.05) is 35.7 Å². The molecule has 0 unspecified atom stereocenters. The lowest BCUT2D eigenvalue weighted by Gasteiger charge is -2.34. The summed E-state index contributed by atoms with van der Waals surface area (Å²) in [5, 5.41) is 5.67. The van der Waals surface area contributed by atoms with Gasteiger partial charge in [-0.1, -0.05) is 42.2 Å². The number of benzene rings is 3. The fraction of sp³-hybridized carbons (Fsp3) is 0.297. The second kappa shape index (κ2) is 14.8. The molecule has 47 heavy (non-hydrogen) atoms. The molecular formula is C37H39N5O5. The molecule has 5 rings (SSSR count). The van der Waals surface area contributed by atoms with Crippen LogP contribution in [0, 0.1) is 11.8 Å². The molecule has 0 spiro atoms. The average Bonchev–Trinajstić information content (AvgIpc) is 3.60. The number of ether oxygens (including phenoxy) is 2. The Bertz CT molecular complexity index is 1780. The van der Waals surface area contributed by atoms with Crippen LogP contribution in [0.5, 0.6) is 0 Å². The molecule has 3 aromatic carbocycles. The Hall–Kier alpha value is -5.40. The highest BCUT2D eigenvalue weighted by atomic mass is 16.6. The van der Waals surface area contributed by atoms with Crippen molar-refractivity contribution in [3.63, 3.8) is 0 Å². The van der Waals surface area contributed by atoms with Crippen LogP contribution in [0.25, 0.3) is 5.69 Å². The van der Waals surface area contributed by atoms with E-state index in [1.165, 1.54) is 0 Å². The number of carbonyl (C=O) groups excluding carboxylic acids is 3. The number of methoxy groups -OCH3 is 1. The summed E-state index contributed by atoms with van der Waals surface area (Å²) < 4.78 is 12.9. The molecule has 2 heterocycles. The Morgan fingerprint density at radius 3 is 2.36 bits per heavy atom. The molecule has 242 valence electrons. The van der Waals surface area contributed by atoms with Crippen LogP contribution >= 0.6 is 0 Å². The van der Waals surface area contributed by atoms with E-state index in [0.29, 0.717) is 22.5 Å². The molecule has 10 heteroatoms. The van der Waals surface area contributed by atoms with E-state index >= 15 is 0 Å². The maximum atomic E-state index is 13.4. The molecule has 1 fully saturated rings. The van der Waals surface area contributed by atoms with Crippen molar-refractivity contribution in [3.8, 4) is 17.5 Å². The second-order valence-electron chi connectivity index (χ2n) is 12.2. The minimum absolute atomic E-state index is 0.168. The maximum Gasteiger partial charge on any atom is 0.412 e. The van der Waals surface area contributed by atoms with Crippen LogP contribution in [0.15, 0.2) is 85.5 Å². The van der Waals surface area contributed by atoms with Crippen molar-refractivity contribution in [3.05, 3.63) is 102 Å². The molecule has 10 nitrogen and oxygen atoms in total. The van der Waals surface area contributed by atoms with Gasteiger partial charge in [-0.2, -0.15) is 0 Å². The molecule has 0 saturated carbocycles. The summed E-state index contributed by atoms with van der Waals surface area (Å²) in [6, 6.07) is 20.1. The Balaban J connectivity index is 1.47. The topological polar surface area (TPSA) is 115 Å². The van der Waals surface area contributed by atoms with Gasteiger partial charge in [-0.15, -0.1) is 0 Å². The zero-order valence-electron chi connectivity index (χ0n) is 27.1. The monoisotopic (exact) mass is 633 g/mol. The molecule has 1 aromatic heterocycles. The summed E-state index contributed by atoms with van der Waals surface area (Å²) >= 11 is 0. The highest BCUT2D eigenvalue weighted by Crippen LogP contribution is 2.34. The van der Waals surface area contributed by atoms with Crippen LogP contribution in [0.3, 0.4) is 0 Å². The van der Waals surface area contributed by atoms with Gasteiger partial charge in [-0.3, -0.25) is 14.9 Å². The molecule has 2 N–H and O–H groups in total. The highest BCUT2D eigenvalue weighted by molar-refractivity contribution is 6.12. The summed E-state index contributed by atoms with van der Waals surface area (Å²) in [6.45, 7) is 6.77. The number of amides is 2. The number of hydrogen-bond acceptors (Lipinski definition) is 7.